The minimum absolute atomic E-state index is 0.00634. The first kappa shape index (κ1) is 15.6. The molecule has 1 saturated carbocycles. The van der Waals surface area contributed by atoms with E-state index in [9.17, 15) is 13.2 Å². The number of carbonyl (C=O) groups excluding carboxylic acids is 1. The molecule has 20 heavy (non-hydrogen) atoms. The van der Waals surface area contributed by atoms with E-state index in [0.29, 0.717) is 19.0 Å². The van der Waals surface area contributed by atoms with Crippen molar-refractivity contribution in [1.82, 2.24) is 14.9 Å². The molecular weight excluding hydrogens is 278 g/mol. The molecule has 0 radical (unpaired) electrons. The zero-order valence-corrected chi connectivity index (χ0v) is 13.1. The Morgan fingerprint density at radius 2 is 2.05 bits per heavy atom. The maximum absolute atomic E-state index is 12.1. The van der Waals surface area contributed by atoms with Gasteiger partial charge in [0.05, 0.1) is 6.26 Å². The van der Waals surface area contributed by atoms with E-state index in [2.05, 4.69) is 17.0 Å². The summed E-state index contributed by atoms with van der Waals surface area (Å²) >= 11 is 0. The molecule has 0 aromatic heterocycles. The first-order valence-corrected chi connectivity index (χ1v) is 9.21. The molecule has 1 heterocycles. The molecule has 2 fully saturated rings. The number of sulfonamides is 1. The van der Waals surface area contributed by atoms with Gasteiger partial charge in [-0.2, -0.15) is 0 Å². The SMILES string of the molecule is CC1CC1CNC(=O)N1CCCC(CNS(C)(=O)=O)C1. The maximum atomic E-state index is 12.1. The number of rotatable bonds is 5. The monoisotopic (exact) mass is 303 g/mol. The first-order valence-electron chi connectivity index (χ1n) is 7.32. The average molecular weight is 303 g/mol. The lowest BCUT2D eigenvalue weighted by Gasteiger charge is -2.32. The summed E-state index contributed by atoms with van der Waals surface area (Å²) in [6.45, 7) is 4.78. The van der Waals surface area contributed by atoms with Crippen LogP contribution in [0.25, 0.3) is 0 Å². The molecule has 1 aliphatic heterocycles. The molecule has 0 aromatic carbocycles. The highest BCUT2D eigenvalue weighted by molar-refractivity contribution is 7.88. The largest absolute Gasteiger partial charge is 0.338 e. The molecular formula is C13H25N3O3S. The van der Waals surface area contributed by atoms with E-state index in [-0.39, 0.29) is 11.9 Å². The standard InChI is InChI=1S/C13H25N3O3S/c1-10-6-12(10)8-14-13(17)16-5-3-4-11(9-16)7-15-20(2,18)19/h10-12,15H,3-9H2,1-2H3,(H,14,17). The summed E-state index contributed by atoms with van der Waals surface area (Å²) in [4.78, 5) is 13.9. The van der Waals surface area contributed by atoms with Crippen molar-refractivity contribution < 1.29 is 13.2 Å². The van der Waals surface area contributed by atoms with E-state index in [1.165, 1.54) is 6.42 Å². The second kappa shape index (κ2) is 6.30. The molecule has 3 atom stereocenters. The smallest absolute Gasteiger partial charge is 0.317 e. The Morgan fingerprint density at radius 3 is 2.65 bits per heavy atom. The predicted octanol–water partition coefficient (Wildman–Crippen LogP) is 0.613. The van der Waals surface area contributed by atoms with Gasteiger partial charge in [0.1, 0.15) is 0 Å². The van der Waals surface area contributed by atoms with E-state index in [1.807, 2.05) is 4.90 Å². The minimum Gasteiger partial charge on any atom is -0.338 e. The van der Waals surface area contributed by atoms with E-state index < -0.39 is 10.0 Å². The Bertz CT molecular complexity index is 452. The lowest BCUT2D eigenvalue weighted by atomic mass is 9.99. The third-order valence-corrected chi connectivity index (χ3v) is 4.92. The topological polar surface area (TPSA) is 78.5 Å². The van der Waals surface area contributed by atoms with Gasteiger partial charge in [-0.15, -0.1) is 0 Å². The number of nitrogens with one attached hydrogen (secondary N) is 2. The number of carbonyl (C=O) groups is 1. The molecule has 2 aliphatic rings. The van der Waals surface area contributed by atoms with Gasteiger partial charge in [0, 0.05) is 26.2 Å². The fraction of sp³-hybridized carbons (Fsp3) is 0.923. The summed E-state index contributed by atoms with van der Waals surface area (Å²) in [6, 6.07) is -0.00634. The molecule has 0 spiro atoms. The second-order valence-electron chi connectivity index (χ2n) is 6.23. The normalized spacial score (nSPS) is 30.1. The maximum Gasteiger partial charge on any atom is 0.317 e. The van der Waals surface area contributed by atoms with Crippen LogP contribution in [0.4, 0.5) is 4.79 Å². The molecule has 3 unspecified atom stereocenters. The van der Waals surface area contributed by atoms with Crippen molar-refractivity contribution in [3.8, 4) is 0 Å². The molecule has 7 heteroatoms. The van der Waals surface area contributed by atoms with Crippen LogP contribution in [0.3, 0.4) is 0 Å². The number of urea groups is 1. The predicted molar refractivity (Wildman–Crippen MR) is 77.8 cm³/mol. The minimum atomic E-state index is -3.15. The van der Waals surface area contributed by atoms with Gasteiger partial charge in [-0.1, -0.05) is 6.92 Å². The van der Waals surface area contributed by atoms with Crippen LogP contribution in [0.5, 0.6) is 0 Å². The van der Waals surface area contributed by atoms with Crippen LogP contribution in [0.1, 0.15) is 26.2 Å². The lowest BCUT2D eigenvalue weighted by molar-refractivity contribution is 0.166. The highest BCUT2D eigenvalue weighted by Crippen LogP contribution is 2.36. The van der Waals surface area contributed by atoms with Crippen molar-refractivity contribution in [3.05, 3.63) is 0 Å². The molecule has 2 amide bonds. The van der Waals surface area contributed by atoms with Crippen LogP contribution in [-0.2, 0) is 10.0 Å². The fourth-order valence-electron chi connectivity index (χ4n) is 2.70. The Balaban J connectivity index is 1.73. The third-order valence-electron chi connectivity index (χ3n) is 4.23. The van der Waals surface area contributed by atoms with Crippen LogP contribution in [0.15, 0.2) is 0 Å². The number of nitrogens with zero attached hydrogens (tertiary/aromatic N) is 1. The summed E-state index contributed by atoms with van der Waals surface area (Å²) in [5.74, 6) is 1.60. The van der Waals surface area contributed by atoms with Crippen LogP contribution in [0, 0.1) is 17.8 Å². The zero-order valence-electron chi connectivity index (χ0n) is 12.3. The lowest BCUT2D eigenvalue weighted by Crippen LogP contribution is -2.48. The van der Waals surface area contributed by atoms with E-state index >= 15 is 0 Å². The van der Waals surface area contributed by atoms with Crippen molar-refractivity contribution in [2.24, 2.45) is 17.8 Å². The van der Waals surface area contributed by atoms with Crippen molar-refractivity contribution >= 4 is 16.1 Å². The molecule has 2 N–H and O–H groups in total. The summed E-state index contributed by atoms with van der Waals surface area (Å²) in [5.41, 5.74) is 0. The van der Waals surface area contributed by atoms with Crippen molar-refractivity contribution in [2.45, 2.75) is 26.2 Å². The number of amides is 2. The van der Waals surface area contributed by atoms with Gasteiger partial charge < -0.3 is 10.2 Å². The summed E-state index contributed by atoms with van der Waals surface area (Å²) in [5, 5.41) is 2.99. The number of hydrogen-bond donors (Lipinski definition) is 2. The van der Waals surface area contributed by atoms with Gasteiger partial charge in [-0.25, -0.2) is 17.9 Å². The molecule has 6 nitrogen and oxygen atoms in total. The van der Waals surface area contributed by atoms with E-state index in [4.69, 9.17) is 0 Å². The van der Waals surface area contributed by atoms with Gasteiger partial charge in [-0.05, 0) is 37.0 Å². The Morgan fingerprint density at radius 1 is 1.35 bits per heavy atom. The highest BCUT2D eigenvalue weighted by Gasteiger charge is 2.33. The Kier molecular flexibility index (Phi) is 4.90. The van der Waals surface area contributed by atoms with Crippen molar-refractivity contribution in [2.75, 3.05) is 32.4 Å². The summed E-state index contributed by atoms with van der Waals surface area (Å²) in [6.07, 6.45) is 4.27. The number of likely N-dealkylation sites (tertiary alicyclic amines) is 1. The highest BCUT2D eigenvalue weighted by atomic mass is 32.2. The molecule has 116 valence electrons. The van der Waals surface area contributed by atoms with Crippen molar-refractivity contribution in [1.29, 1.82) is 0 Å². The number of hydrogen-bond acceptors (Lipinski definition) is 3. The number of piperidine rings is 1. The average Bonchev–Trinajstić information content (AvgIpc) is 3.09. The van der Waals surface area contributed by atoms with Gasteiger partial charge in [0.15, 0.2) is 0 Å². The zero-order chi connectivity index (χ0) is 14.8. The summed E-state index contributed by atoms with van der Waals surface area (Å²) in [7, 11) is -3.15. The van der Waals surface area contributed by atoms with E-state index in [1.54, 1.807) is 0 Å². The van der Waals surface area contributed by atoms with Gasteiger partial charge >= 0.3 is 6.03 Å². The quantitative estimate of drug-likeness (QED) is 0.781. The van der Waals surface area contributed by atoms with Crippen LogP contribution >= 0.6 is 0 Å². The van der Waals surface area contributed by atoms with Gasteiger partial charge in [0.2, 0.25) is 10.0 Å². The van der Waals surface area contributed by atoms with E-state index in [0.717, 1.165) is 38.1 Å². The van der Waals surface area contributed by atoms with Gasteiger partial charge in [0.25, 0.3) is 0 Å². The van der Waals surface area contributed by atoms with Crippen molar-refractivity contribution in [3.63, 3.8) is 0 Å². The van der Waals surface area contributed by atoms with Crippen LogP contribution in [0.2, 0.25) is 0 Å². The van der Waals surface area contributed by atoms with Crippen LogP contribution in [-0.4, -0.2) is 51.8 Å². The fourth-order valence-corrected chi connectivity index (χ4v) is 3.24. The Labute approximate surface area is 121 Å². The van der Waals surface area contributed by atoms with Crippen LogP contribution < -0.4 is 10.0 Å². The molecule has 0 bridgehead atoms. The first-order chi connectivity index (χ1) is 9.35. The summed E-state index contributed by atoms with van der Waals surface area (Å²) < 4.78 is 24.7. The molecule has 2 rings (SSSR count). The second-order valence-corrected chi connectivity index (χ2v) is 8.07. The molecule has 1 saturated heterocycles. The Hall–Kier alpha value is -0.820. The molecule has 1 aliphatic carbocycles. The third kappa shape index (κ3) is 4.94. The molecule has 0 aromatic rings. The van der Waals surface area contributed by atoms with Gasteiger partial charge in [-0.3, -0.25) is 0 Å².